The van der Waals surface area contributed by atoms with Crippen LogP contribution in [0.15, 0.2) is 29.2 Å². The number of amides is 3. The number of benzene rings is 1. The second-order valence-electron chi connectivity index (χ2n) is 7.13. The van der Waals surface area contributed by atoms with Crippen molar-refractivity contribution in [1.29, 1.82) is 0 Å². The van der Waals surface area contributed by atoms with Crippen LogP contribution in [0.3, 0.4) is 0 Å². The summed E-state index contributed by atoms with van der Waals surface area (Å²) < 4.78 is 9.79. The third kappa shape index (κ3) is 5.21. The van der Waals surface area contributed by atoms with Crippen molar-refractivity contribution in [2.75, 3.05) is 26.8 Å². The molecule has 1 aromatic rings. The lowest BCUT2D eigenvalue weighted by atomic mass is 10.0. The highest BCUT2D eigenvalue weighted by Gasteiger charge is 2.37. The van der Waals surface area contributed by atoms with Crippen LogP contribution in [0.2, 0.25) is 0 Å². The predicted octanol–water partition coefficient (Wildman–Crippen LogP) is 2.68. The van der Waals surface area contributed by atoms with Gasteiger partial charge in [0.2, 0.25) is 5.91 Å². The van der Waals surface area contributed by atoms with E-state index in [0.717, 1.165) is 35.9 Å². The Balaban J connectivity index is 1.63. The Bertz CT molecular complexity index is 867. The number of carbonyl (C=O) groups excluding carboxylic acids is 4. The van der Waals surface area contributed by atoms with Gasteiger partial charge in [-0.3, -0.25) is 19.3 Å². The molecule has 9 heteroatoms. The third-order valence-electron chi connectivity index (χ3n) is 5.05. The first-order valence-electron chi connectivity index (χ1n) is 9.73. The van der Waals surface area contributed by atoms with Crippen LogP contribution in [0.4, 0.5) is 4.79 Å². The summed E-state index contributed by atoms with van der Waals surface area (Å²) in [5.74, 6) is -0.667. The smallest absolute Gasteiger partial charge is 0.343 e. The number of carbonyl (C=O) groups is 4. The van der Waals surface area contributed by atoms with Crippen molar-refractivity contribution in [2.45, 2.75) is 32.2 Å². The summed E-state index contributed by atoms with van der Waals surface area (Å²) in [6.07, 6.45) is 4.56. The summed E-state index contributed by atoms with van der Waals surface area (Å²) in [6.45, 7) is 2.23. The average Bonchev–Trinajstić information content (AvgIpc) is 3.00. The van der Waals surface area contributed by atoms with Gasteiger partial charge < -0.3 is 14.4 Å². The minimum Gasteiger partial charge on any atom is -0.482 e. The molecule has 0 aliphatic carbocycles. The molecule has 3 amide bonds. The molecule has 160 valence electrons. The van der Waals surface area contributed by atoms with Crippen molar-refractivity contribution >= 4 is 40.9 Å². The van der Waals surface area contributed by atoms with Gasteiger partial charge in [0.1, 0.15) is 12.3 Å². The van der Waals surface area contributed by atoms with Gasteiger partial charge in [0.05, 0.1) is 12.0 Å². The molecular weight excluding hydrogens is 408 g/mol. The number of esters is 1. The summed E-state index contributed by atoms with van der Waals surface area (Å²) >= 11 is 0.823. The first-order chi connectivity index (χ1) is 14.4. The Kier molecular flexibility index (Phi) is 7.15. The van der Waals surface area contributed by atoms with E-state index in [1.807, 2.05) is 6.92 Å². The first-order valence-corrected chi connectivity index (χ1v) is 10.5. The number of hydrogen-bond donors (Lipinski definition) is 0. The minimum absolute atomic E-state index is 0.127. The summed E-state index contributed by atoms with van der Waals surface area (Å²) in [5, 5.41) is -0.442. The van der Waals surface area contributed by atoms with Gasteiger partial charge in [0, 0.05) is 12.6 Å². The van der Waals surface area contributed by atoms with Crippen LogP contribution >= 0.6 is 11.8 Å². The fourth-order valence-electron chi connectivity index (χ4n) is 3.34. The van der Waals surface area contributed by atoms with Crippen LogP contribution < -0.4 is 4.74 Å². The zero-order valence-corrected chi connectivity index (χ0v) is 17.8. The zero-order chi connectivity index (χ0) is 21.7. The van der Waals surface area contributed by atoms with Crippen molar-refractivity contribution in [1.82, 2.24) is 9.80 Å². The van der Waals surface area contributed by atoms with Crippen molar-refractivity contribution in [3.05, 3.63) is 34.7 Å². The summed E-state index contributed by atoms with van der Waals surface area (Å²) in [4.78, 5) is 51.7. The molecule has 0 spiro atoms. The van der Waals surface area contributed by atoms with E-state index in [4.69, 9.17) is 4.74 Å². The number of methoxy groups -OCH3 is 1. The highest BCUT2D eigenvalue weighted by atomic mass is 32.2. The second-order valence-corrected chi connectivity index (χ2v) is 8.13. The number of imide groups is 1. The average molecular weight is 432 g/mol. The number of nitrogens with zero attached hydrogens (tertiary/aromatic N) is 2. The van der Waals surface area contributed by atoms with Crippen molar-refractivity contribution in [3.63, 3.8) is 0 Å². The fourth-order valence-corrected chi connectivity index (χ4v) is 4.18. The lowest BCUT2D eigenvalue weighted by Gasteiger charge is -2.34. The molecule has 0 radical (unpaired) electrons. The summed E-state index contributed by atoms with van der Waals surface area (Å²) in [5.41, 5.74) is 0.696. The van der Waals surface area contributed by atoms with Gasteiger partial charge in [0.25, 0.3) is 11.1 Å². The molecule has 2 saturated heterocycles. The summed E-state index contributed by atoms with van der Waals surface area (Å²) in [7, 11) is 1.28. The third-order valence-corrected chi connectivity index (χ3v) is 5.96. The summed E-state index contributed by atoms with van der Waals surface area (Å²) in [6, 6.07) is 6.85. The fraction of sp³-hybridized carbons (Fsp3) is 0.429. The lowest BCUT2D eigenvalue weighted by Crippen LogP contribution is -2.47. The van der Waals surface area contributed by atoms with Crippen molar-refractivity contribution in [3.8, 4) is 5.75 Å². The van der Waals surface area contributed by atoms with E-state index in [-0.39, 0.29) is 30.0 Å². The van der Waals surface area contributed by atoms with Gasteiger partial charge in [-0.2, -0.15) is 0 Å². The number of piperidine rings is 1. The minimum atomic E-state index is -0.485. The zero-order valence-electron chi connectivity index (χ0n) is 17.0. The van der Waals surface area contributed by atoms with Crippen LogP contribution in [-0.2, 0) is 19.1 Å². The van der Waals surface area contributed by atoms with Crippen molar-refractivity contribution < 1.29 is 28.7 Å². The number of likely N-dealkylation sites (tertiary alicyclic amines) is 1. The lowest BCUT2D eigenvalue weighted by molar-refractivity contribution is -0.143. The molecule has 2 aliphatic rings. The van der Waals surface area contributed by atoms with Gasteiger partial charge in [-0.25, -0.2) is 4.79 Å². The van der Waals surface area contributed by atoms with E-state index >= 15 is 0 Å². The molecule has 1 aromatic carbocycles. The molecule has 0 aromatic heterocycles. The maximum absolute atomic E-state index is 12.7. The van der Waals surface area contributed by atoms with Crippen LogP contribution in [0.1, 0.15) is 31.7 Å². The van der Waals surface area contributed by atoms with Crippen molar-refractivity contribution in [2.24, 2.45) is 0 Å². The number of ether oxygens (including phenoxy) is 2. The monoisotopic (exact) mass is 432 g/mol. The van der Waals surface area contributed by atoms with E-state index in [0.29, 0.717) is 17.9 Å². The maximum Gasteiger partial charge on any atom is 0.343 e. The second kappa shape index (κ2) is 9.80. The normalized spacial score (nSPS) is 20.6. The molecule has 2 aliphatic heterocycles. The number of hydrogen-bond acceptors (Lipinski definition) is 7. The Hall–Kier alpha value is -2.81. The van der Waals surface area contributed by atoms with E-state index < -0.39 is 17.1 Å². The Labute approximate surface area is 179 Å². The quantitative estimate of drug-likeness (QED) is 0.504. The topological polar surface area (TPSA) is 93.2 Å². The van der Waals surface area contributed by atoms with Gasteiger partial charge >= 0.3 is 5.97 Å². The van der Waals surface area contributed by atoms with Crippen LogP contribution in [0.5, 0.6) is 5.75 Å². The van der Waals surface area contributed by atoms with Gasteiger partial charge in [-0.15, -0.1) is 0 Å². The van der Waals surface area contributed by atoms with Crippen LogP contribution in [-0.4, -0.2) is 65.7 Å². The molecule has 0 unspecified atom stereocenters. The molecule has 2 heterocycles. The molecule has 0 N–H and O–H groups in total. The van der Waals surface area contributed by atoms with E-state index in [1.54, 1.807) is 35.2 Å². The molecule has 1 atom stereocenters. The molecule has 2 fully saturated rings. The highest BCUT2D eigenvalue weighted by Crippen LogP contribution is 2.32. The van der Waals surface area contributed by atoms with Crippen LogP contribution in [0, 0.1) is 0 Å². The molecule has 30 heavy (non-hydrogen) atoms. The number of thioether (sulfide) groups is 1. The maximum atomic E-state index is 12.7. The van der Waals surface area contributed by atoms with E-state index in [1.165, 1.54) is 7.11 Å². The molecule has 3 rings (SSSR count). The molecular formula is C21H24N2O6S. The van der Waals surface area contributed by atoms with Crippen LogP contribution in [0.25, 0.3) is 6.08 Å². The largest absolute Gasteiger partial charge is 0.482 e. The Morgan fingerprint density at radius 3 is 2.60 bits per heavy atom. The molecule has 0 bridgehead atoms. The molecule has 0 saturated carbocycles. The van der Waals surface area contributed by atoms with Gasteiger partial charge in [0.15, 0.2) is 6.61 Å². The predicted molar refractivity (Wildman–Crippen MR) is 112 cm³/mol. The Morgan fingerprint density at radius 2 is 1.93 bits per heavy atom. The van der Waals surface area contributed by atoms with E-state index in [9.17, 15) is 19.2 Å². The SMILES string of the molecule is COC(=O)COc1ccc(/C=C2\SC(=O)N(CC(=O)N3CCCC[C@H]3C)C2=O)cc1. The standard InChI is InChI=1S/C21H24N2O6S/c1-14-5-3-4-10-22(14)18(24)12-23-20(26)17(30-21(23)27)11-15-6-8-16(9-7-15)29-13-19(25)28-2/h6-9,11,14H,3-5,10,12-13H2,1-2H3/b17-11-/t14-/m1/s1. The van der Waals surface area contributed by atoms with Gasteiger partial charge in [-0.1, -0.05) is 12.1 Å². The highest BCUT2D eigenvalue weighted by molar-refractivity contribution is 8.18. The molecule has 8 nitrogen and oxygen atoms in total. The Morgan fingerprint density at radius 1 is 1.20 bits per heavy atom. The van der Waals surface area contributed by atoms with Gasteiger partial charge in [-0.05, 0) is 61.7 Å². The number of rotatable bonds is 6. The first kappa shape index (κ1) is 21.9. The van der Waals surface area contributed by atoms with E-state index in [2.05, 4.69) is 4.74 Å².